The summed E-state index contributed by atoms with van der Waals surface area (Å²) >= 11 is 7.64. The number of hydrogen-bond donors (Lipinski definition) is 1. The van der Waals surface area contributed by atoms with Crippen LogP contribution in [0.2, 0.25) is 5.02 Å². The highest BCUT2D eigenvalue weighted by Gasteiger charge is 2.26. The molecule has 1 heterocycles. The molecule has 0 amide bonds. The fourth-order valence-electron chi connectivity index (χ4n) is 1.63. The van der Waals surface area contributed by atoms with Crippen molar-refractivity contribution in [2.45, 2.75) is 12.2 Å². The Labute approximate surface area is 103 Å². The number of rotatable bonds is 2. The first-order valence-corrected chi connectivity index (χ1v) is 6.54. The van der Waals surface area contributed by atoms with Gasteiger partial charge < -0.3 is 9.84 Å². The van der Waals surface area contributed by atoms with E-state index in [0.29, 0.717) is 22.9 Å². The summed E-state index contributed by atoms with van der Waals surface area (Å²) in [6, 6.07) is 3.98. The van der Waals surface area contributed by atoms with Gasteiger partial charge in [-0.05, 0) is 18.2 Å². The van der Waals surface area contributed by atoms with E-state index in [4.69, 9.17) is 16.3 Å². The van der Waals surface area contributed by atoms with Gasteiger partial charge in [-0.1, -0.05) is 11.6 Å². The van der Waals surface area contributed by atoms with Gasteiger partial charge >= 0.3 is 0 Å². The summed E-state index contributed by atoms with van der Waals surface area (Å²) in [5.74, 6) is 1.23. The van der Waals surface area contributed by atoms with Gasteiger partial charge in [0.25, 0.3) is 0 Å². The van der Waals surface area contributed by atoms with Crippen LogP contribution in [0.1, 0.15) is 11.7 Å². The monoisotopic (exact) mass is 262 g/mol. The van der Waals surface area contributed by atoms with E-state index in [1.54, 1.807) is 11.8 Å². The second-order valence-electron chi connectivity index (χ2n) is 3.59. The van der Waals surface area contributed by atoms with Crippen LogP contribution in [-0.4, -0.2) is 29.3 Å². The second kappa shape index (κ2) is 5.36. The number of hydrogen-bond acceptors (Lipinski definition) is 3. The Morgan fingerprint density at radius 2 is 2.38 bits per heavy atom. The molecule has 2 atom stereocenters. The Morgan fingerprint density at radius 3 is 3.06 bits per heavy atom. The van der Waals surface area contributed by atoms with E-state index in [1.165, 1.54) is 18.2 Å². The lowest BCUT2D eigenvalue weighted by Gasteiger charge is -2.27. The molecule has 0 aromatic heterocycles. The normalized spacial score (nSPS) is 23.1. The van der Waals surface area contributed by atoms with Crippen LogP contribution in [0.3, 0.4) is 0 Å². The van der Waals surface area contributed by atoms with Crippen LogP contribution in [0.15, 0.2) is 18.2 Å². The van der Waals surface area contributed by atoms with Gasteiger partial charge in [0.2, 0.25) is 0 Å². The number of thioether (sulfide) groups is 1. The largest absolute Gasteiger partial charge is 0.386 e. The highest BCUT2D eigenvalue weighted by Crippen LogP contribution is 2.30. The lowest BCUT2D eigenvalue weighted by Crippen LogP contribution is -2.29. The molecular formula is C11H12ClFO2S. The van der Waals surface area contributed by atoms with E-state index < -0.39 is 11.9 Å². The number of aliphatic hydroxyl groups excluding tert-OH is 1. The molecule has 0 bridgehead atoms. The zero-order chi connectivity index (χ0) is 11.5. The minimum atomic E-state index is -0.865. The van der Waals surface area contributed by atoms with Gasteiger partial charge in [0.05, 0.1) is 12.7 Å². The Morgan fingerprint density at radius 1 is 1.56 bits per heavy atom. The van der Waals surface area contributed by atoms with Crippen LogP contribution in [0.5, 0.6) is 0 Å². The maximum Gasteiger partial charge on any atom is 0.123 e. The van der Waals surface area contributed by atoms with E-state index in [-0.39, 0.29) is 6.10 Å². The number of halogens is 2. The molecule has 0 radical (unpaired) electrons. The van der Waals surface area contributed by atoms with Crippen LogP contribution in [0.25, 0.3) is 0 Å². The van der Waals surface area contributed by atoms with E-state index in [0.717, 1.165) is 5.75 Å². The van der Waals surface area contributed by atoms with E-state index >= 15 is 0 Å². The molecule has 0 saturated carbocycles. The van der Waals surface area contributed by atoms with Crippen LogP contribution in [0.4, 0.5) is 4.39 Å². The van der Waals surface area contributed by atoms with Crippen LogP contribution >= 0.6 is 23.4 Å². The molecule has 2 nitrogen and oxygen atoms in total. The summed E-state index contributed by atoms with van der Waals surface area (Å²) in [5, 5.41) is 10.4. The van der Waals surface area contributed by atoms with Crippen molar-refractivity contribution in [2.24, 2.45) is 0 Å². The molecule has 1 aromatic carbocycles. The molecule has 0 spiro atoms. The van der Waals surface area contributed by atoms with E-state index in [9.17, 15) is 9.50 Å². The van der Waals surface area contributed by atoms with E-state index in [2.05, 4.69) is 0 Å². The van der Waals surface area contributed by atoms with Gasteiger partial charge in [-0.3, -0.25) is 0 Å². The first kappa shape index (κ1) is 12.2. The zero-order valence-corrected chi connectivity index (χ0v) is 10.1. The van der Waals surface area contributed by atoms with Crippen molar-refractivity contribution in [3.05, 3.63) is 34.6 Å². The molecule has 1 saturated heterocycles. The summed E-state index contributed by atoms with van der Waals surface area (Å²) in [6.07, 6.45) is -1.17. The Bertz CT molecular complexity index is 369. The van der Waals surface area contributed by atoms with Crippen LogP contribution < -0.4 is 0 Å². The molecule has 1 aliphatic heterocycles. The van der Waals surface area contributed by atoms with Crippen molar-refractivity contribution >= 4 is 23.4 Å². The summed E-state index contributed by atoms with van der Waals surface area (Å²) in [7, 11) is 0. The number of ether oxygens (including phenoxy) is 1. The predicted molar refractivity (Wildman–Crippen MR) is 63.4 cm³/mol. The standard InChI is InChI=1S/C11H12ClFO2S/c12-9-2-1-7(13)5-8(9)11(14)10-6-16-4-3-15-10/h1-2,5,10-11,14H,3-4,6H2. The van der Waals surface area contributed by atoms with Gasteiger partial charge in [0.15, 0.2) is 0 Å². The average Bonchev–Trinajstić information content (AvgIpc) is 2.32. The summed E-state index contributed by atoms with van der Waals surface area (Å²) in [4.78, 5) is 0. The van der Waals surface area contributed by atoms with Crippen molar-refractivity contribution in [2.75, 3.05) is 18.1 Å². The molecule has 1 aromatic rings. The maximum atomic E-state index is 13.1. The summed E-state index contributed by atoms with van der Waals surface area (Å²) in [5.41, 5.74) is 0.397. The third-order valence-corrected chi connectivity index (χ3v) is 3.83. The van der Waals surface area contributed by atoms with Crippen molar-refractivity contribution in [3.63, 3.8) is 0 Å². The fraction of sp³-hybridized carbons (Fsp3) is 0.455. The van der Waals surface area contributed by atoms with Crippen molar-refractivity contribution in [1.29, 1.82) is 0 Å². The molecule has 2 unspecified atom stereocenters. The van der Waals surface area contributed by atoms with Crippen LogP contribution in [-0.2, 0) is 4.74 Å². The molecule has 1 fully saturated rings. The Balaban J connectivity index is 2.18. The topological polar surface area (TPSA) is 29.5 Å². The fourth-order valence-corrected chi connectivity index (χ4v) is 2.75. The molecule has 2 rings (SSSR count). The lowest BCUT2D eigenvalue weighted by molar-refractivity contribution is -0.0228. The first-order chi connectivity index (χ1) is 7.68. The highest BCUT2D eigenvalue weighted by atomic mass is 35.5. The van der Waals surface area contributed by atoms with Gasteiger partial charge in [0.1, 0.15) is 11.9 Å². The molecule has 5 heteroatoms. The minimum absolute atomic E-state index is 0.307. The average molecular weight is 263 g/mol. The smallest absolute Gasteiger partial charge is 0.123 e. The lowest BCUT2D eigenvalue weighted by atomic mass is 10.1. The maximum absolute atomic E-state index is 13.1. The third kappa shape index (κ3) is 2.69. The first-order valence-electron chi connectivity index (χ1n) is 5.01. The molecule has 1 aliphatic rings. The second-order valence-corrected chi connectivity index (χ2v) is 5.15. The zero-order valence-electron chi connectivity index (χ0n) is 8.53. The minimum Gasteiger partial charge on any atom is -0.386 e. The summed E-state index contributed by atoms with van der Waals surface area (Å²) < 4.78 is 18.5. The van der Waals surface area contributed by atoms with Gasteiger partial charge in [-0.15, -0.1) is 0 Å². The van der Waals surface area contributed by atoms with Crippen LogP contribution in [0, 0.1) is 5.82 Å². The Kier molecular flexibility index (Phi) is 4.08. The molecule has 1 N–H and O–H groups in total. The molecular weight excluding hydrogens is 251 g/mol. The Hall–Kier alpha value is -0.290. The van der Waals surface area contributed by atoms with Gasteiger partial charge in [-0.25, -0.2) is 4.39 Å². The third-order valence-electron chi connectivity index (χ3n) is 2.47. The van der Waals surface area contributed by atoms with E-state index in [1.807, 2.05) is 0 Å². The SMILES string of the molecule is OC(c1cc(F)ccc1Cl)C1CSCCO1. The van der Waals surface area contributed by atoms with Crippen molar-refractivity contribution in [3.8, 4) is 0 Å². The quantitative estimate of drug-likeness (QED) is 0.889. The van der Waals surface area contributed by atoms with Gasteiger partial charge in [0, 0.05) is 22.1 Å². The molecule has 16 heavy (non-hydrogen) atoms. The summed E-state index contributed by atoms with van der Waals surface area (Å²) in [6.45, 7) is 0.610. The number of aliphatic hydroxyl groups is 1. The van der Waals surface area contributed by atoms with Gasteiger partial charge in [-0.2, -0.15) is 11.8 Å². The van der Waals surface area contributed by atoms with Crippen molar-refractivity contribution < 1.29 is 14.2 Å². The predicted octanol–water partition coefficient (Wildman–Crippen LogP) is 2.64. The highest BCUT2D eigenvalue weighted by molar-refractivity contribution is 7.99. The number of benzene rings is 1. The molecule has 0 aliphatic carbocycles. The molecule has 88 valence electrons. The van der Waals surface area contributed by atoms with Crippen molar-refractivity contribution in [1.82, 2.24) is 0 Å².